The number of hydrogen-bond acceptors (Lipinski definition) is 2. The first-order valence-corrected chi connectivity index (χ1v) is 5.37. The maximum absolute atomic E-state index is 5.95. The van der Waals surface area contributed by atoms with E-state index in [2.05, 4.69) is 16.7 Å². The van der Waals surface area contributed by atoms with Gasteiger partial charge in [0.05, 0.1) is 0 Å². The lowest BCUT2D eigenvalue weighted by Crippen LogP contribution is -2.34. The summed E-state index contributed by atoms with van der Waals surface area (Å²) in [6.45, 7) is 1.01. The molecule has 76 valence electrons. The van der Waals surface area contributed by atoms with Crippen LogP contribution in [0.1, 0.15) is 12.0 Å². The molecule has 0 fully saturated rings. The molecule has 1 aromatic rings. The third-order valence-corrected chi connectivity index (χ3v) is 2.88. The van der Waals surface area contributed by atoms with Crippen LogP contribution in [-0.2, 0) is 6.42 Å². The molecule has 1 aromatic carbocycles. The van der Waals surface area contributed by atoms with Crippen molar-refractivity contribution in [2.24, 2.45) is 0 Å². The van der Waals surface area contributed by atoms with Crippen molar-refractivity contribution in [1.82, 2.24) is 5.32 Å². The van der Waals surface area contributed by atoms with Gasteiger partial charge >= 0.3 is 0 Å². The number of rotatable bonds is 2. The Labute approximate surface area is 89.7 Å². The van der Waals surface area contributed by atoms with Crippen LogP contribution in [-0.4, -0.2) is 19.6 Å². The molecule has 2 nitrogen and oxygen atoms in total. The summed E-state index contributed by atoms with van der Waals surface area (Å²) in [6, 6.07) is 6.62. The van der Waals surface area contributed by atoms with Crippen molar-refractivity contribution < 1.29 is 0 Å². The molecular weight excluding hydrogens is 196 g/mol. The minimum absolute atomic E-state index is 0.533. The topological polar surface area (TPSA) is 24.1 Å². The summed E-state index contributed by atoms with van der Waals surface area (Å²) in [6.07, 6.45) is 2.33. The van der Waals surface area contributed by atoms with Crippen molar-refractivity contribution >= 4 is 17.3 Å². The Balaban J connectivity index is 2.16. The molecule has 3 heteroatoms. The van der Waals surface area contributed by atoms with Gasteiger partial charge in [-0.2, -0.15) is 0 Å². The zero-order valence-electron chi connectivity index (χ0n) is 8.31. The fraction of sp³-hybridized carbons (Fsp3) is 0.455. The number of likely N-dealkylation sites (N-methyl/N-ethyl adjacent to an activating group) is 1. The normalized spacial score (nSPS) is 20.0. The van der Waals surface area contributed by atoms with Crippen LogP contribution >= 0.6 is 11.6 Å². The number of nitrogens with one attached hydrogen (secondary N) is 2. The largest absolute Gasteiger partial charge is 0.381 e. The molecule has 1 atom stereocenters. The summed E-state index contributed by atoms with van der Waals surface area (Å²) >= 11 is 5.95. The van der Waals surface area contributed by atoms with Gasteiger partial charge in [-0.1, -0.05) is 17.7 Å². The summed E-state index contributed by atoms with van der Waals surface area (Å²) in [4.78, 5) is 0. The number of aryl methyl sites for hydroxylation is 1. The van der Waals surface area contributed by atoms with Gasteiger partial charge in [-0.3, -0.25) is 0 Å². The van der Waals surface area contributed by atoms with Crippen LogP contribution in [0.5, 0.6) is 0 Å². The standard InChI is InChI=1S/C11H15ClN2/c1-13-7-10-5-3-8-2-4-9(12)6-11(8)14-10/h2,4,6,10,13-14H,3,5,7H2,1H3. The average Bonchev–Trinajstić information content (AvgIpc) is 2.17. The van der Waals surface area contributed by atoms with E-state index in [0.717, 1.165) is 18.0 Å². The van der Waals surface area contributed by atoms with Gasteiger partial charge in [0, 0.05) is 23.3 Å². The lowest BCUT2D eigenvalue weighted by molar-refractivity contribution is 0.593. The van der Waals surface area contributed by atoms with Crippen LogP contribution in [0, 0.1) is 0 Å². The van der Waals surface area contributed by atoms with Crippen LogP contribution in [0.4, 0.5) is 5.69 Å². The molecule has 0 aromatic heterocycles. The van der Waals surface area contributed by atoms with Gasteiger partial charge in [-0.15, -0.1) is 0 Å². The maximum atomic E-state index is 5.95. The zero-order valence-corrected chi connectivity index (χ0v) is 9.06. The molecule has 0 saturated carbocycles. The second-order valence-electron chi connectivity index (χ2n) is 3.74. The van der Waals surface area contributed by atoms with Crippen LogP contribution in [0.15, 0.2) is 18.2 Å². The van der Waals surface area contributed by atoms with Crippen molar-refractivity contribution in [3.8, 4) is 0 Å². The fourth-order valence-electron chi connectivity index (χ4n) is 1.92. The summed E-state index contributed by atoms with van der Waals surface area (Å²) in [5, 5.41) is 7.49. The number of hydrogen-bond donors (Lipinski definition) is 2. The molecule has 2 rings (SSSR count). The molecule has 0 saturated heterocycles. The highest BCUT2D eigenvalue weighted by Gasteiger charge is 2.16. The zero-order chi connectivity index (χ0) is 9.97. The van der Waals surface area contributed by atoms with Crippen molar-refractivity contribution in [3.63, 3.8) is 0 Å². The lowest BCUT2D eigenvalue weighted by Gasteiger charge is -2.27. The van der Waals surface area contributed by atoms with E-state index in [4.69, 9.17) is 11.6 Å². The van der Waals surface area contributed by atoms with Gasteiger partial charge in [0.1, 0.15) is 0 Å². The highest BCUT2D eigenvalue weighted by molar-refractivity contribution is 6.30. The molecule has 1 heterocycles. The molecule has 2 N–H and O–H groups in total. The van der Waals surface area contributed by atoms with Gasteiger partial charge in [0.15, 0.2) is 0 Å². The van der Waals surface area contributed by atoms with Gasteiger partial charge in [0.25, 0.3) is 0 Å². The maximum Gasteiger partial charge on any atom is 0.0426 e. The third kappa shape index (κ3) is 2.02. The molecular formula is C11H15ClN2. The van der Waals surface area contributed by atoms with E-state index in [1.54, 1.807) is 0 Å². The molecule has 0 amide bonds. The minimum Gasteiger partial charge on any atom is -0.381 e. The quantitative estimate of drug-likeness (QED) is 0.783. The predicted octanol–water partition coefficient (Wildman–Crippen LogP) is 2.29. The third-order valence-electron chi connectivity index (χ3n) is 2.64. The summed E-state index contributed by atoms with van der Waals surface area (Å²) in [5.74, 6) is 0. The number of anilines is 1. The van der Waals surface area contributed by atoms with E-state index in [0.29, 0.717) is 6.04 Å². The Morgan fingerprint density at radius 1 is 1.57 bits per heavy atom. The highest BCUT2D eigenvalue weighted by atomic mass is 35.5. The van der Waals surface area contributed by atoms with Crippen LogP contribution in [0.2, 0.25) is 5.02 Å². The molecule has 0 spiro atoms. The molecule has 0 radical (unpaired) electrons. The number of benzene rings is 1. The Morgan fingerprint density at radius 2 is 2.43 bits per heavy atom. The van der Waals surface area contributed by atoms with E-state index in [1.165, 1.54) is 17.7 Å². The van der Waals surface area contributed by atoms with Crippen LogP contribution in [0.3, 0.4) is 0 Å². The van der Waals surface area contributed by atoms with Gasteiger partial charge in [0.2, 0.25) is 0 Å². The first-order valence-electron chi connectivity index (χ1n) is 4.99. The Bertz CT molecular complexity index is 325. The predicted molar refractivity (Wildman–Crippen MR) is 61.1 cm³/mol. The van der Waals surface area contributed by atoms with E-state index in [-0.39, 0.29) is 0 Å². The lowest BCUT2D eigenvalue weighted by atomic mass is 9.98. The molecule has 1 unspecified atom stereocenters. The SMILES string of the molecule is CNCC1CCc2ccc(Cl)cc2N1. The van der Waals surface area contributed by atoms with Crippen molar-refractivity contribution in [2.45, 2.75) is 18.9 Å². The minimum atomic E-state index is 0.533. The second kappa shape index (κ2) is 4.20. The van der Waals surface area contributed by atoms with Gasteiger partial charge in [-0.25, -0.2) is 0 Å². The first-order chi connectivity index (χ1) is 6.79. The summed E-state index contributed by atoms with van der Waals surface area (Å²) in [5.41, 5.74) is 2.57. The van der Waals surface area contributed by atoms with Gasteiger partial charge in [-0.05, 0) is 37.6 Å². The van der Waals surface area contributed by atoms with Crippen molar-refractivity contribution in [3.05, 3.63) is 28.8 Å². The van der Waals surface area contributed by atoms with E-state index in [9.17, 15) is 0 Å². The average molecular weight is 211 g/mol. The highest BCUT2D eigenvalue weighted by Crippen LogP contribution is 2.27. The Kier molecular flexibility index (Phi) is 2.94. The van der Waals surface area contributed by atoms with Crippen molar-refractivity contribution in [1.29, 1.82) is 0 Å². The number of halogens is 1. The second-order valence-corrected chi connectivity index (χ2v) is 4.18. The molecule has 1 aliphatic heterocycles. The van der Waals surface area contributed by atoms with Crippen LogP contribution in [0.25, 0.3) is 0 Å². The van der Waals surface area contributed by atoms with Crippen molar-refractivity contribution in [2.75, 3.05) is 18.9 Å². The molecule has 0 aliphatic carbocycles. The molecule has 14 heavy (non-hydrogen) atoms. The fourth-order valence-corrected chi connectivity index (χ4v) is 2.09. The first kappa shape index (κ1) is 9.81. The number of fused-ring (bicyclic) bond motifs is 1. The summed E-state index contributed by atoms with van der Waals surface area (Å²) in [7, 11) is 1.98. The van der Waals surface area contributed by atoms with E-state index < -0.39 is 0 Å². The van der Waals surface area contributed by atoms with Crippen LogP contribution < -0.4 is 10.6 Å². The monoisotopic (exact) mass is 210 g/mol. The van der Waals surface area contributed by atoms with E-state index >= 15 is 0 Å². The smallest absolute Gasteiger partial charge is 0.0426 e. The molecule has 0 bridgehead atoms. The van der Waals surface area contributed by atoms with E-state index in [1.807, 2.05) is 19.2 Å². The Morgan fingerprint density at radius 3 is 3.21 bits per heavy atom. The summed E-state index contributed by atoms with van der Waals surface area (Å²) < 4.78 is 0. The molecule has 1 aliphatic rings. The Hall–Kier alpha value is -0.730. The van der Waals surface area contributed by atoms with Gasteiger partial charge < -0.3 is 10.6 Å².